The van der Waals surface area contributed by atoms with Crippen molar-refractivity contribution in [2.75, 3.05) is 19.8 Å². The molecule has 1 aliphatic heterocycles. The van der Waals surface area contributed by atoms with Crippen LogP contribution < -0.4 is 9.47 Å². The van der Waals surface area contributed by atoms with Crippen molar-refractivity contribution in [1.82, 2.24) is 9.47 Å². The van der Waals surface area contributed by atoms with Gasteiger partial charge in [-0.2, -0.15) is 0 Å². The standard InChI is InChI=1S/C21H21ClN2O3/c1-2-23(13-16-4-3-5-19-21(16)27-11-10-26-19)20(25)14-24-9-8-15-6-7-17(22)12-18(15)24/h3-9,12H,2,10-11,13-14H2,1H3. The molecule has 0 fully saturated rings. The molecule has 0 aliphatic carbocycles. The number of carbonyl (C=O) groups is 1. The molecule has 5 nitrogen and oxygen atoms in total. The molecule has 0 saturated heterocycles. The summed E-state index contributed by atoms with van der Waals surface area (Å²) in [5.74, 6) is 1.53. The van der Waals surface area contributed by atoms with Gasteiger partial charge in [-0.25, -0.2) is 0 Å². The first-order chi connectivity index (χ1) is 13.2. The number of likely N-dealkylation sites (N-methyl/N-ethyl adjacent to an activating group) is 1. The number of halogens is 1. The molecule has 3 aromatic rings. The van der Waals surface area contributed by atoms with Gasteiger partial charge in [-0.05, 0) is 36.6 Å². The molecule has 2 heterocycles. The van der Waals surface area contributed by atoms with Crippen LogP contribution in [0.15, 0.2) is 48.7 Å². The second-order valence-corrected chi connectivity index (χ2v) is 6.93. The van der Waals surface area contributed by atoms with Crippen LogP contribution in [0.1, 0.15) is 12.5 Å². The van der Waals surface area contributed by atoms with Gasteiger partial charge in [0.1, 0.15) is 19.8 Å². The Morgan fingerprint density at radius 3 is 2.89 bits per heavy atom. The second kappa shape index (κ2) is 7.53. The van der Waals surface area contributed by atoms with Crippen molar-refractivity contribution < 1.29 is 14.3 Å². The van der Waals surface area contributed by atoms with Crippen LogP contribution >= 0.6 is 11.6 Å². The molecule has 4 rings (SSSR count). The topological polar surface area (TPSA) is 43.7 Å². The predicted molar refractivity (Wildman–Crippen MR) is 105 cm³/mol. The van der Waals surface area contributed by atoms with Crippen molar-refractivity contribution in [3.8, 4) is 11.5 Å². The summed E-state index contributed by atoms with van der Waals surface area (Å²) in [6.07, 6.45) is 1.92. The highest BCUT2D eigenvalue weighted by atomic mass is 35.5. The number of amides is 1. The summed E-state index contributed by atoms with van der Waals surface area (Å²) in [5.41, 5.74) is 1.92. The Kier molecular flexibility index (Phi) is 4.94. The molecule has 0 radical (unpaired) electrons. The third-order valence-corrected chi connectivity index (χ3v) is 5.02. The Labute approximate surface area is 163 Å². The third kappa shape index (κ3) is 3.60. The van der Waals surface area contributed by atoms with E-state index in [0.29, 0.717) is 31.3 Å². The van der Waals surface area contributed by atoms with E-state index in [9.17, 15) is 4.79 Å². The summed E-state index contributed by atoms with van der Waals surface area (Å²) in [7, 11) is 0. The molecule has 1 aliphatic rings. The van der Waals surface area contributed by atoms with Crippen LogP contribution in [0.25, 0.3) is 10.9 Å². The fourth-order valence-electron chi connectivity index (χ4n) is 3.38. The summed E-state index contributed by atoms with van der Waals surface area (Å²) >= 11 is 6.11. The van der Waals surface area contributed by atoms with Crippen molar-refractivity contribution in [1.29, 1.82) is 0 Å². The summed E-state index contributed by atoms with van der Waals surface area (Å²) < 4.78 is 13.3. The van der Waals surface area contributed by atoms with Gasteiger partial charge in [0.25, 0.3) is 0 Å². The van der Waals surface area contributed by atoms with Gasteiger partial charge in [0.05, 0.1) is 0 Å². The average molecular weight is 385 g/mol. The van der Waals surface area contributed by atoms with E-state index in [2.05, 4.69) is 0 Å². The van der Waals surface area contributed by atoms with Gasteiger partial charge in [-0.1, -0.05) is 29.8 Å². The minimum Gasteiger partial charge on any atom is -0.486 e. The number of para-hydroxylation sites is 1. The summed E-state index contributed by atoms with van der Waals surface area (Å²) in [5, 5.41) is 1.73. The van der Waals surface area contributed by atoms with E-state index < -0.39 is 0 Å². The SMILES string of the molecule is CCN(Cc1cccc2c1OCCO2)C(=O)Cn1ccc2ccc(Cl)cc21. The Bertz CT molecular complexity index is 983. The second-order valence-electron chi connectivity index (χ2n) is 6.50. The van der Waals surface area contributed by atoms with E-state index in [0.717, 1.165) is 28.0 Å². The van der Waals surface area contributed by atoms with Gasteiger partial charge >= 0.3 is 0 Å². The minimum atomic E-state index is 0.0457. The molecular weight excluding hydrogens is 364 g/mol. The van der Waals surface area contributed by atoms with Crippen molar-refractivity contribution in [3.63, 3.8) is 0 Å². The lowest BCUT2D eigenvalue weighted by Crippen LogP contribution is -2.33. The molecule has 0 bridgehead atoms. The maximum Gasteiger partial charge on any atom is 0.242 e. The van der Waals surface area contributed by atoms with E-state index >= 15 is 0 Å². The average Bonchev–Trinajstić information content (AvgIpc) is 3.08. The highest BCUT2D eigenvalue weighted by Crippen LogP contribution is 2.34. The van der Waals surface area contributed by atoms with Crippen LogP contribution in [-0.2, 0) is 17.9 Å². The lowest BCUT2D eigenvalue weighted by Gasteiger charge is -2.25. The molecule has 27 heavy (non-hydrogen) atoms. The molecular formula is C21H21ClN2O3. The van der Waals surface area contributed by atoms with Crippen LogP contribution in [0.5, 0.6) is 11.5 Å². The molecule has 0 saturated carbocycles. The summed E-state index contributed by atoms with van der Waals surface area (Å²) in [4.78, 5) is 14.8. The van der Waals surface area contributed by atoms with Gasteiger partial charge in [0.2, 0.25) is 5.91 Å². The number of hydrogen-bond donors (Lipinski definition) is 0. The zero-order valence-electron chi connectivity index (χ0n) is 15.2. The van der Waals surface area contributed by atoms with Gasteiger partial charge in [0, 0.05) is 35.4 Å². The molecule has 1 aromatic heterocycles. The highest BCUT2D eigenvalue weighted by molar-refractivity contribution is 6.31. The fraction of sp³-hybridized carbons (Fsp3) is 0.286. The van der Waals surface area contributed by atoms with E-state index in [1.54, 1.807) is 0 Å². The van der Waals surface area contributed by atoms with Crippen LogP contribution in [0.4, 0.5) is 0 Å². The normalized spacial score (nSPS) is 13.0. The van der Waals surface area contributed by atoms with Gasteiger partial charge < -0.3 is 18.9 Å². The zero-order valence-corrected chi connectivity index (χ0v) is 15.9. The fourth-order valence-corrected chi connectivity index (χ4v) is 3.55. The van der Waals surface area contributed by atoms with Gasteiger partial charge in [0.15, 0.2) is 11.5 Å². The van der Waals surface area contributed by atoms with Crippen LogP contribution in [-0.4, -0.2) is 35.1 Å². The molecule has 6 heteroatoms. The highest BCUT2D eigenvalue weighted by Gasteiger charge is 2.20. The largest absolute Gasteiger partial charge is 0.486 e. The van der Waals surface area contributed by atoms with Crippen molar-refractivity contribution in [2.45, 2.75) is 20.0 Å². The third-order valence-electron chi connectivity index (χ3n) is 4.78. The number of carbonyl (C=O) groups excluding carboxylic acids is 1. The van der Waals surface area contributed by atoms with E-state index in [-0.39, 0.29) is 12.5 Å². The number of rotatable bonds is 5. The monoisotopic (exact) mass is 384 g/mol. The first kappa shape index (κ1) is 17.7. The Hall–Kier alpha value is -2.66. The Balaban J connectivity index is 1.54. The van der Waals surface area contributed by atoms with Crippen LogP contribution in [0.2, 0.25) is 5.02 Å². The number of ether oxygens (including phenoxy) is 2. The van der Waals surface area contributed by atoms with E-state index in [4.69, 9.17) is 21.1 Å². The molecule has 1 amide bonds. The first-order valence-corrected chi connectivity index (χ1v) is 9.43. The Morgan fingerprint density at radius 2 is 2.04 bits per heavy atom. The molecule has 0 atom stereocenters. The number of nitrogens with zero attached hydrogens (tertiary/aromatic N) is 2. The molecule has 2 aromatic carbocycles. The van der Waals surface area contributed by atoms with Crippen LogP contribution in [0, 0.1) is 0 Å². The molecule has 0 N–H and O–H groups in total. The minimum absolute atomic E-state index is 0.0457. The number of fused-ring (bicyclic) bond motifs is 2. The first-order valence-electron chi connectivity index (χ1n) is 9.05. The zero-order chi connectivity index (χ0) is 18.8. The smallest absolute Gasteiger partial charge is 0.242 e. The van der Waals surface area contributed by atoms with Crippen LogP contribution in [0.3, 0.4) is 0 Å². The maximum atomic E-state index is 12.9. The lowest BCUT2D eigenvalue weighted by atomic mass is 10.1. The predicted octanol–water partition coefficient (Wildman–Crippen LogP) is 4.11. The molecule has 0 spiro atoms. The number of hydrogen-bond acceptors (Lipinski definition) is 3. The van der Waals surface area contributed by atoms with E-state index in [1.807, 2.05) is 65.1 Å². The van der Waals surface area contributed by atoms with E-state index in [1.165, 1.54) is 0 Å². The van der Waals surface area contributed by atoms with Crippen molar-refractivity contribution >= 4 is 28.4 Å². The lowest BCUT2D eigenvalue weighted by molar-refractivity contribution is -0.132. The molecule has 0 unspecified atom stereocenters. The molecule has 140 valence electrons. The van der Waals surface area contributed by atoms with Crippen molar-refractivity contribution in [2.24, 2.45) is 0 Å². The quantitative estimate of drug-likeness (QED) is 0.664. The Morgan fingerprint density at radius 1 is 1.19 bits per heavy atom. The number of benzene rings is 2. The van der Waals surface area contributed by atoms with Crippen molar-refractivity contribution in [3.05, 3.63) is 59.2 Å². The maximum absolute atomic E-state index is 12.9. The van der Waals surface area contributed by atoms with Gasteiger partial charge in [-0.15, -0.1) is 0 Å². The van der Waals surface area contributed by atoms with Gasteiger partial charge in [-0.3, -0.25) is 4.79 Å². The summed E-state index contributed by atoms with van der Waals surface area (Å²) in [6, 6.07) is 13.5. The summed E-state index contributed by atoms with van der Waals surface area (Å²) in [6.45, 7) is 4.43. The number of aromatic nitrogens is 1.